The van der Waals surface area contributed by atoms with Crippen molar-refractivity contribution >= 4 is 11.6 Å². The van der Waals surface area contributed by atoms with Gasteiger partial charge in [0.25, 0.3) is 0 Å². The molecule has 0 bridgehead atoms. The summed E-state index contributed by atoms with van der Waals surface area (Å²) in [5.74, 6) is -0.710. The highest BCUT2D eigenvalue weighted by Gasteiger charge is 2.13. The van der Waals surface area contributed by atoms with Crippen LogP contribution in [0.3, 0.4) is 0 Å². The quantitative estimate of drug-likeness (QED) is 0.739. The topological polar surface area (TPSA) is 76.1 Å². The molecule has 0 aliphatic rings. The maximum Gasteiger partial charge on any atom is 0.330 e. The fourth-order valence-electron chi connectivity index (χ4n) is 2.73. The molecule has 0 fully saturated rings. The number of ether oxygens (including phenoxy) is 1. The van der Waals surface area contributed by atoms with Gasteiger partial charge in [0.15, 0.2) is 11.6 Å². The normalized spacial score (nSPS) is 10.6. The lowest BCUT2D eigenvalue weighted by molar-refractivity contribution is -0.115. The SMILES string of the molecule is COc1ccc(CC(=O)Nc2ccccc2-n2c(C)c[nH]c2=O)cc1F. The number of methoxy groups -OCH3 is 1. The minimum atomic E-state index is -0.521. The summed E-state index contributed by atoms with van der Waals surface area (Å²) < 4.78 is 20.1. The van der Waals surface area contributed by atoms with Crippen molar-refractivity contribution in [3.05, 3.63) is 76.2 Å². The number of nitrogens with one attached hydrogen (secondary N) is 2. The summed E-state index contributed by atoms with van der Waals surface area (Å²) in [6.45, 7) is 1.79. The molecule has 0 aliphatic heterocycles. The zero-order valence-corrected chi connectivity index (χ0v) is 14.4. The molecule has 6 nitrogen and oxygen atoms in total. The second-order valence-corrected chi connectivity index (χ2v) is 5.78. The molecule has 0 spiro atoms. The Morgan fingerprint density at radius 2 is 2.04 bits per heavy atom. The lowest BCUT2D eigenvalue weighted by Crippen LogP contribution is -2.20. The smallest absolute Gasteiger partial charge is 0.330 e. The van der Waals surface area contributed by atoms with E-state index >= 15 is 0 Å². The van der Waals surface area contributed by atoms with E-state index in [2.05, 4.69) is 10.3 Å². The minimum Gasteiger partial charge on any atom is -0.494 e. The third kappa shape index (κ3) is 3.51. The van der Waals surface area contributed by atoms with Crippen molar-refractivity contribution in [1.29, 1.82) is 0 Å². The number of H-pyrrole nitrogens is 1. The maximum atomic E-state index is 13.8. The molecular formula is C19H18FN3O3. The number of rotatable bonds is 5. The molecule has 2 aromatic carbocycles. The Kier molecular flexibility index (Phi) is 4.88. The second kappa shape index (κ2) is 7.26. The largest absolute Gasteiger partial charge is 0.494 e. The number of amides is 1. The van der Waals surface area contributed by atoms with Crippen molar-refractivity contribution < 1.29 is 13.9 Å². The maximum absolute atomic E-state index is 13.8. The van der Waals surface area contributed by atoms with Crippen LogP contribution in [0.15, 0.2) is 53.5 Å². The summed E-state index contributed by atoms with van der Waals surface area (Å²) in [6, 6.07) is 11.4. The summed E-state index contributed by atoms with van der Waals surface area (Å²) in [7, 11) is 1.38. The first-order valence-corrected chi connectivity index (χ1v) is 7.98. The number of aromatic amines is 1. The second-order valence-electron chi connectivity index (χ2n) is 5.78. The van der Waals surface area contributed by atoms with Gasteiger partial charge >= 0.3 is 5.69 Å². The van der Waals surface area contributed by atoms with Crippen LogP contribution in [-0.4, -0.2) is 22.6 Å². The van der Waals surface area contributed by atoms with E-state index in [1.165, 1.54) is 23.8 Å². The number of hydrogen-bond donors (Lipinski definition) is 2. The van der Waals surface area contributed by atoms with E-state index in [0.717, 1.165) is 0 Å². The summed E-state index contributed by atoms with van der Waals surface area (Å²) >= 11 is 0. The number of nitrogens with zero attached hydrogens (tertiary/aromatic N) is 1. The molecule has 3 aromatic rings. The van der Waals surface area contributed by atoms with Crippen LogP contribution >= 0.6 is 0 Å². The third-order valence-electron chi connectivity index (χ3n) is 3.96. The molecule has 26 heavy (non-hydrogen) atoms. The number of benzene rings is 2. The van der Waals surface area contributed by atoms with Crippen LogP contribution in [0.5, 0.6) is 5.75 Å². The first-order chi connectivity index (χ1) is 12.5. The van der Waals surface area contributed by atoms with E-state index in [4.69, 9.17) is 4.74 Å². The molecule has 3 rings (SSSR count). The van der Waals surface area contributed by atoms with Crippen molar-refractivity contribution in [3.63, 3.8) is 0 Å². The Balaban J connectivity index is 1.83. The monoisotopic (exact) mass is 355 g/mol. The number of hydrogen-bond acceptors (Lipinski definition) is 3. The van der Waals surface area contributed by atoms with Gasteiger partial charge in [0, 0.05) is 11.9 Å². The molecule has 0 unspecified atom stereocenters. The van der Waals surface area contributed by atoms with Crippen LogP contribution in [0.1, 0.15) is 11.3 Å². The molecular weight excluding hydrogens is 337 g/mol. The van der Waals surface area contributed by atoms with Gasteiger partial charge in [0.2, 0.25) is 5.91 Å². The van der Waals surface area contributed by atoms with E-state index in [0.29, 0.717) is 22.6 Å². The predicted molar refractivity (Wildman–Crippen MR) is 96.4 cm³/mol. The Bertz CT molecular complexity index is 1010. The molecule has 1 aromatic heterocycles. The van der Waals surface area contributed by atoms with Gasteiger partial charge in [-0.1, -0.05) is 18.2 Å². The van der Waals surface area contributed by atoms with Gasteiger partial charge in [-0.25, -0.2) is 9.18 Å². The highest BCUT2D eigenvalue weighted by molar-refractivity contribution is 5.94. The Morgan fingerprint density at radius 3 is 2.69 bits per heavy atom. The van der Waals surface area contributed by atoms with Crippen LogP contribution in [0.2, 0.25) is 0 Å². The highest BCUT2D eigenvalue weighted by Crippen LogP contribution is 2.21. The average Bonchev–Trinajstić information content (AvgIpc) is 2.94. The standard InChI is InChI=1S/C19H18FN3O3/c1-12-11-21-19(25)23(12)16-6-4-3-5-15(16)22-18(24)10-13-7-8-17(26-2)14(20)9-13/h3-9,11H,10H2,1-2H3,(H,21,25)(H,22,24). The van der Waals surface area contributed by atoms with E-state index in [1.807, 2.05) is 0 Å². The molecule has 7 heteroatoms. The third-order valence-corrected chi connectivity index (χ3v) is 3.96. The molecule has 0 atom stereocenters. The number of carbonyl (C=O) groups excluding carboxylic acids is 1. The van der Waals surface area contributed by atoms with Crippen molar-refractivity contribution in [3.8, 4) is 11.4 Å². The van der Waals surface area contributed by atoms with E-state index < -0.39 is 5.82 Å². The van der Waals surface area contributed by atoms with E-state index in [-0.39, 0.29) is 23.8 Å². The molecule has 0 saturated heterocycles. The number of halogens is 1. The van der Waals surface area contributed by atoms with Crippen LogP contribution in [0.25, 0.3) is 5.69 Å². The average molecular weight is 355 g/mol. The number of aromatic nitrogens is 2. The number of carbonyl (C=O) groups is 1. The summed E-state index contributed by atoms with van der Waals surface area (Å²) in [4.78, 5) is 27.0. The first kappa shape index (κ1) is 17.5. The fraction of sp³-hybridized carbons (Fsp3) is 0.158. The lowest BCUT2D eigenvalue weighted by atomic mass is 10.1. The van der Waals surface area contributed by atoms with Gasteiger partial charge in [-0.05, 0) is 36.8 Å². The number of imidazole rings is 1. The van der Waals surface area contributed by atoms with Crippen LogP contribution < -0.4 is 15.7 Å². The molecule has 1 amide bonds. The van der Waals surface area contributed by atoms with Crippen molar-refractivity contribution in [2.24, 2.45) is 0 Å². The van der Waals surface area contributed by atoms with Crippen LogP contribution in [0.4, 0.5) is 10.1 Å². The Hall–Kier alpha value is -3.35. The Labute approximate surface area is 149 Å². The molecule has 0 radical (unpaired) electrons. The summed E-state index contributed by atoms with van der Waals surface area (Å²) in [5.41, 5.74) is 2.01. The highest BCUT2D eigenvalue weighted by atomic mass is 19.1. The van der Waals surface area contributed by atoms with Gasteiger partial charge in [0.1, 0.15) is 0 Å². The zero-order chi connectivity index (χ0) is 18.7. The molecule has 2 N–H and O–H groups in total. The summed E-state index contributed by atoms with van der Waals surface area (Å²) in [6.07, 6.45) is 1.59. The van der Waals surface area contributed by atoms with Crippen LogP contribution in [0, 0.1) is 12.7 Å². The lowest BCUT2D eigenvalue weighted by Gasteiger charge is -2.12. The van der Waals surface area contributed by atoms with Crippen LogP contribution in [-0.2, 0) is 11.2 Å². The van der Waals surface area contributed by atoms with Gasteiger partial charge < -0.3 is 15.0 Å². The molecule has 134 valence electrons. The molecule has 0 saturated carbocycles. The first-order valence-electron chi connectivity index (χ1n) is 7.98. The van der Waals surface area contributed by atoms with Gasteiger partial charge in [0.05, 0.1) is 24.9 Å². The van der Waals surface area contributed by atoms with Gasteiger partial charge in [-0.2, -0.15) is 0 Å². The Morgan fingerprint density at radius 1 is 1.27 bits per heavy atom. The minimum absolute atomic E-state index is 0.00370. The number of anilines is 1. The molecule has 1 heterocycles. The number of aryl methyl sites for hydroxylation is 1. The number of para-hydroxylation sites is 2. The zero-order valence-electron chi connectivity index (χ0n) is 14.4. The summed E-state index contributed by atoms with van der Waals surface area (Å²) in [5, 5.41) is 2.78. The predicted octanol–water partition coefficient (Wildman–Crippen LogP) is 2.80. The fourth-order valence-corrected chi connectivity index (χ4v) is 2.73. The van der Waals surface area contributed by atoms with Crippen molar-refractivity contribution in [2.45, 2.75) is 13.3 Å². The van der Waals surface area contributed by atoms with Gasteiger partial charge in [-0.3, -0.25) is 9.36 Å². The van der Waals surface area contributed by atoms with Crippen molar-refractivity contribution in [2.75, 3.05) is 12.4 Å². The van der Waals surface area contributed by atoms with Gasteiger partial charge in [-0.15, -0.1) is 0 Å². The van der Waals surface area contributed by atoms with Crippen molar-refractivity contribution in [1.82, 2.24) is 9.55 Å². The van der Waals surface area contributed by atoms with E-state index in [9.17, 15) is 14.0 Å². The van der Waals surface area contributed by atoms with E-state index in [1.54, 1.807) is 43.5 Å². The molecule has 0 aliphatic carbocycles.